The molecule has 2 rings (SSSR count). The summed E-state index contributed by atoms with van der Waals surface area (Å²) in [6.45, 7) is 5.02. The molecule has 0 aliphatic rings. The molecule has 0 atom stereocenters. The molecule has 2 aromatic heterocycles. The molecule has 0 bridgehead atoms. The van der Waals surface area contributed by atoms with E-state index in [9.17, 15) is 4.79 Å². The quantitative estimate of drug-likeness (QED) is 0.765. The largest absolute Gasteiger partial charge is 0.463 e. The van der Waals surface area contributed by atoms with Crippen molar-refractivity contribution in [2.24, 2.45) is 0 Å². The lowest BCUT2D eigenvalue weighted by atomic mass is 10.5. The van der Waals surface area contributed by atoms with Gasteiger partial charge in [-0.25, -0.2) is 9.89 Å². The summed E-state index contributed by atoms with van der Waals surface area (Å²) in [6.07, 6.45) is 1.65. The number of H-pyrrole nitrogens is 1. The molecule has 0 saturated carbocycles. The smallest absolute Gasteiger partial charge is 0.343 e. The number of nitrogens with two attached hydrogens (primary N) is 1. The topological polar surface area (TPSA) is 125 Å². The van der Waals surface area contributed by atoms with E-state index >= 15 is 0 Å². The first-order valence-corrected chi connectivity index (χ1v) is 7.43. The van der Waals surface area contributed by atoms with Gasteiger partial charge >= 0.3 is 11.7 Å². The Labute approximate surface area is 125 Å². The molecule has 10 heteroatoms. The van der Waals surface area contributed by atoms with Crippen molar-refractivity contribution in [3.63, 3.8) is 0 Å². The number of nitrogens with zero attached hydrogens (tertiary/aromatic N) is 5. The molecule has 21 heavy (non-hydrogen) atoms. The molecule has 0 spiro atoms. The normalized spacial score (nSPS) is 10.8. The molecule has 0 amide bonds. The predicted molar refractivity (Wildman–Crippen MR) is 77.3 cm³/mol. The molecule has 114 valence electrons. The van der Waals surface area contributed by atoms with Gasteiger partial charge in [0.15, 0.2) is 5.16 Å². The molecule has 0 aliphatic carbocycles. The summed E-state index contributed by atoms with van der Waals surface area (Å²) in [4.78, 5) is 23.7. The number of aromatic nitrogens is 6. The molecular formula is C11H17N7O2S. The Morgan fingerprint density at radius 2 is 2.10 bits per heavy atom. The van der Waals surface area contributed by atoms with Crippen LogP contribution in [0.4, 0.5) is 5.95 Å². The molecule has 0 aliphatic heterocycles. The van der Waals surface area contributed by atoms with Crippen LogP contribution in [0.2, 0.25) is 0 Å². The van der Waals surface area contributed by atoms with Gasteiger partial charge in [-0.3, -0.25) is 4.57 Å². The Morgan fingerprint density at radius 1 is 1.29 bits per heavy atom. The van der Waals surface area contributed by atoms with Gasteiger partial charge in [0.1, 0.15) is 0 Å². The second-order valence-corrected chi connectivity index (χ2v) is 5.11. The van der Waals surface area contributed by atoms with Gasteiger partial charge in [0.25, 0.3) is 0 Å². The Kier molecular flexibility index (Phi) is 5.14. The summed E-state index contributed by atoms with van der Waals surface area (Å²) in [5, 5.41) is 7.18. The number of rotatable bonds is 7. The number of aromatic amines is 1. The van der Waals surface area contributed by atoms with E-state index < -0.39 is 0 Å². The summed E-state index contributed by atoms with van der Waals surface area (Å²) in [5.74, 6) is 0.0681. The summed E-state index contributed by atoms with van der Waals surface area (Å²) in [6, 6.07) is 0.173. The molecular weight excluding hydrogens is 294 g/mol. The van der Waals surface area contributed by atoms with E-state index in [4.69, 9.17) is 10.5 Å². The van der Waals surface area contributed by atoms with Crippen LogP contribution in [0.3, 0.4) is 0 Å². The Balaban J connectivity index is 2.23. The van der Waals surface area contributed by atoms with Crippen molar-refractivity contribution in [2.45, 2.75) is 43.5 Å². The molecule has 0 aromatic carbocycles. The number of nitrogen functional groups attached to an aromatic ring is 1. The van der Waals surface area contributed by atoms with Crippen LogP contribution < -0.4 is 16.2 Å². The van der Waals surface area contributed by atoms with E-state index in [0.29, 0.717) is 23.5 Å². The third-order valence-electron chi connectivity index (χ3n) is 2.40. The van der Waals surface area contributed by atoms with Crippen molar-refractivity contribution < 1.29 is 4.74 Å². The fourth-order valence-electron chi connectivity index (χ4n) is 1.54. The highest BCUT2D eigenvalue weighted by molar-refractivity contribution is 7.99. The van der Waals surface area contributed by atoms with Gasteiger partial charge in [-0.1, -0.05) is 13.8 Å². The van der Waals surface area contributed by atoms with Crippen molar-refractivity contribution in [2.75, 3.05) is 12.3 Å². The number of hydrogen-bond acceptors (Lipinski definition) is 8. The molecule has 9 nitrogen and oxygen atoms in total. The zero-order chi connectivity index (χ0) is 15.2. The Hall–Kier alpha value is -2.10. The van der Waals surface area contributed by atoms with Gasteiger partial charge in [0.2, 0.25) is 11.1 Å². The highest BCUT2D eigenvalue weighted by atomic mass is 32.2. The maximum absolute atomic E-state index is 11.6. The van der Waals surface area contributed by atoms with E-state index in [2.05, 4.69) is 25.1 Å². The van der Waals surface area contributed by atoms with Gasteiger partial charge in [-0.05, 0) is 24.6 Å². The molecule has 0 saturated heterocycles. The van der Waals surface area contributed by atoms with Crippen LogP contribution in [0.1, 0.15) is 26.7 Å². The average molecular weight is 311 g/mol. The summed E-state index contributed by atoms with van der Waals surface area (Å²) >= 11 is 1.14. The van der Waals surface area contributed by atoms with Gasteiger partial charge in [-0.15, -0.1) is 5.10 Å². The highest BCUT2D eigenvalue weighted by Gasteiger charge is 2.13. The monoisotopic (exact) mass is 311 g/mol. The molecule has 3 N–H and O–H groups in total. The van der Waals surface area contributed by atoms with Gasteiger partial charge < -0.3 is 10.5 Å². The first-order valence-electron chi connectivity index (χ1n) is 6.61. The Morgan fingerprint density at radius 3 is 2.81 bits per heavy atom. The SMILES string of the molecule is CCCOc1nc(N)nc(Sc2n[nH]c(=O)n2CCC)n1. The summed E-state index contributed by atoms with van der Waals surface area (Å²) < 4.78 is 6.87. The third-order valence-corrected chi connectivity index (χ3v) is 3.26. The van der Waals surface area contributed by atoms with Gasteiger partial charge in [0, 0.05) is 6.54 Å². The minimum Gasteiger partial charge on any atom is -0.463 e. The third kappa shape index (κ3) is 3.94. The summed E-state index contributed by atoms with van der Waals surface area (Å²) in [5.41, 5.74) is 5.37. The van der Waals surface area contributed by atoms with Crippen LogP contribution in [-0.2, 0) is 6.54 Å². The first-order chi connectivity index (χ1) is 10.1. The van der Waals surface area contributed by atoms with Crippen molar-refractivity contribution in [1.82, 2.24) is 29.7 Å². The van der Waals surface area contributed by atoms with E-state index in [-0.39, 0.29) is 17.6 Å². The lowest BCUT2D eigenvalue weighted by Crippen LogP contribution is -2.17. The standard InChI is InChI=1S/C11H17N7O2S/c1-3-5-18-10(19)16-17-11(18)21-9-14-7(12)13-8(15-9)20-6-4-2/h3-6H2,1-2H3,(H,16,19)(H2,12,13,14,15). The zero-order valence-corrected chi connectivity index (χ0v) is 12.7. The van der Waals surface area contributed by atoms with Crippen molar-refractivity contribution in [3.05, 3.63) is 10.5 Å². The first kappa shape index (κ1) is 15.3. The van der Waals surface area contributed by atoms with Crippen LogP contribution in [0.15, 0.2) is 15.1 Å². The zero-order valence-electron chi connectivity index (χ0n) is 11.9. The van der Waals surface area contributed by atoms with Crippen molar-refractivity contribution >= 4 is 17.7 Å². The van der Waals surface area contributed by atoms with Crippen LogP contribution in [-0.4, -0.2) is 36.3 Å². The number of ether oxygens (including phenoxy) is 1. The number of anilines is 1. The lowest BCUT2D eigenvalue weighted by Gasteiger charge is -2.05. The second kappa shape index (κ2) is 7.07. The average Bonchev–Trinajstić information content (AvgIpc) is 2.78. The fraction of sp³-hybridized carbons (Fsp3) is 0.545. The van der Waals surface area contributed by atoms with Crippen molar-refractivity contribution in [3.8, 4) is 6.01 Å². The van der Waals surface area contributed by atoms with E-state index in [1.165, 1.54) is 4.57 Å². The van der Waals surface area contributed by atoms with Crippen molar-refractivity contribution in [1.29, 1.82) is 0 Å². The fourth-order valence-corrected chi connectivity index (χ4v) is 2.34. The van der Waals surface area contributed by atoms with Crippen LogP contribution >= 0.6 is 11.8 Å². The number of nitrogens with one attached hydrogen (secondary N) is 1. The number of hydrogen-bond donors (Lipinski definition) is 2. The molecule has 2 heterocycles. The summed E-state index contributed by atoms with van der Waals surface area (Å²) in [7, 11) is 0. The minimum absolute atomic E-state index is 0.0681. The van der Waals surface area contributed by atoms with E-state index in [1.54, 1.807) is 0 Å². The maximum Gasteiger partial charge on any atom is 0.343 e. The van der Waals surface area contributed by atoms with E-state index in [0.717, 1.165) is 24.6 Å². The Bertz CT molecular complexity index is 654. The molecule has 0 fully saturated rings. The van der Waals surface area contributed by atoms with Gasteiger partial charge in [-0.2, -0.15) is 15.0 Å². The van der Waals surface area contributed by atoms with Gasteiger partial charge in [0.05, 0.1) is 6.61 Å². The second-order valence-electron chi connectivity index (χ2n) is 4.17. The van der Waals surface area contributed by atoms with Crippen LogP contribution in [0.25, 0.3) is 0 Å². The van der Waals surface area contributed by atoms with Crippen LogP contribution in [0, 0.1) is 0 Å². The predicted octanol–water partition coefficient (Wildman–Crippen LogP) is 0.689. The molecule has 2 aromatic rings. The molecule has 0 unspecified atom stereocenters. The van der Waals surface area contributed by atoms with Crippen LogP contribution in [0.5, 0.6) is 6.01 Å². The van der Waals surface area contributed by atoms with E-state index in [1.807, 2.05) is 13.8 Å². The highest BCUT2D eigenvalue weighted by Crippen LogP contribution is 2.23. The lowest BCUT2D eigenvalue weighted by molar-refractivity contribution is 0.288. The maximum atomic E-state index is 11.6. The molecule has 0 radical (unpaired) electrons. The minimum atomic E-state index is -0.260.